The Morgan fingerprint density at radius 1 is 1.31 bits per heavy atom. The number of nitrogens with zero attached hydrogens (tertiary/aromatic N) is 4. The standard InChI is InChI=1S/C16H20N4O5S/c21-13-10-24-16(23)20(13)9-11-7-19(8-11)15(22)25-12-1-4-18(5-2-12)14-17-3-6-26-14/h3,6,11-12H,1-2,4-5,7-10H2. The molecule has 0 aliphatic carbocycles. The van der Waals surface area contributed by atoms with Gasteiger partial charge < -0.3 is 19.3 Å². The number of anilines is 1. The smallest absolute Gasteiger partial charge is 0.417 e. The molecule has 3 saturated heterocycles. The molecule has 3 aliphatic rings. The van der Waals surface area contributed by atoms with Crippen LogP contribution >= 0.6 is 11.3 Å². The molecular formula is C16H20N4O5S. The van der Waals surface area contributed by atoms with E-state index in [0.29, 0.717) is 19.6 Å². The zero-order valence-corrected chi connectivity index (χ0v) is 15.0. The third-order valence-electron chi connectivity index (χ3n) is 4.90. The van der Waals surface area contributed by atoms with Gasteiger partial charge in [-0.1, -0.05) is 0 Å². The number of amides is 3. The van der Waals surface area contributed by atoms with Gasteiger partial charge in [0.15, 0.2) is 11.7 Å². The molecule has 0 atom stereocenters. The van der Waals surface area contributed by atoms with Gasteiger partial charge in [-0.25, -0.2) is 19.5 Å². The van der Waals surface area contributed by atoms with E-state index in [-0.39, 0.29) is 30.6 Å². The van der Waals surface area contributed by atoms with Crippen molar-refractivity contribution in [2.45, 2.75) is 18.9 Å². The molecule has 0 bridgehead atoms. The summed E-state index contributed by atoms with van der Waals surface area (Å²) in [7, 11) is 0. The average Bonchev–Trinajstić information content (AvgIpc) is 3.23. The summed E-state index contributed by atoms with van der Waals surface area (Å²) >= 11 is 1.61. The van der Waals surface area contributed by atoms with Crippen LogP contribution in [0.25, 0.3) is 0 Å². The second-order valence-corrected chi connectivity index (χ2v) is 7.59. The number of hydrogen-bond donors (Lipinski definition) is 0. The van der Waals surface area contributed by atoms with Crippen molar-refractivity contribution in [1.29, 1.82) is 0 Å². The zero-order valence-electron chi connectivity index (χ0n) is 14.2. The van der Waals surface area contributed by atoms with Crippen LogP contribution in [-0.2, 0) is 14.3 Å². The molecule has 0 saturated carbocycles. The van der Waals surface area contributed by atoms with E-state index in [1.54, 1.807) is 22.4 Å². The first-order valence-electron chi connectivity index (χ1n) is 8.67. The minimum Gasteiger partial charge on any atom is -0.446 e. The molecule has 0 unspecified atom stereocenters. The van der Waals surface area contributed by atoms with Gasteiger partial charge in [-0.05, 0) is 0 Å². The van der Waals surface area contributed by atoms with Crippen molar-refractivity contribution >= 4 is 34.6 Å². The van der Waals surface area contributed by atoms with Gasteiger partial charge in [0, 0.05) is 63.1 Å². The molecule has 3 aliphatic heterocycles. The Balaban J connectivity index is 1.17. The molecule has 9 nitrogen and oxygen atoms in total. The SMILES string of the molecule is O=C(OC1CCN(c2nccs2)CC1)N1CC(CN2C(=O)COC2=O)C1. The molecule has 0 radical (unpaired) electrons. The summed E-state index contributed by atoms with van der Waals surface area (Å²) in [6, 6.07) is 0. The maximum atomic E-state index is 12.2. The van der Waals surface area contributed by atoms with Crippen LogP contribution in [0.3, 0.4) is 0 Å². The molecule has 10 heteroatoms. The first kappa shape index (κ1) is 17.1. The number of carbonyl (C=O) groups excluding carboxylic acids is 3. The highest BCUT2D eigenvalue weighted by molar-refractivity contribution is 7.13. The fourth-order valence-corrected chi connectivity index (χ4v) is 4.10. The molecular weight excluding hydrogens is 360 g/mol. The van der Waals surface area contributed by atoms with Gasteiger partial charge >= 0.3 is 12.2 Å². The first-order valence-corrected chi connectivity index (χ1v) is 9.55. The summed E-state index contributed by atoms with van der Waals surface area (Å²) < 4.78 is 10.3. The van der Waals surface area contributed by atoms with Crippen LogP contribution in [0, 0.1) is 5.92 Å². The lowest BCUT2D eigenvalue weighted by atomic mass is 10.0. The van der Waals surface area contributed by atoms with Crippen molar-refractivity contribution in [3.63, 3.8) is 0 Å². The van der Waals surface area contributed by atoms with E-state index in [1.807, 2.05) is 5.38 Å². The Morgan fingerprint density at radius 3 is 2.69 bits per heavy atom. The Labute approximate surface area is 154 Å². The normalized spacial score (nSPS) is 21.8. The lowest BCUT2D eigenvalue weighted by Gasteiger charge is -2.40. The van der Waals surface area contributed by atoms with E-state index in [0.717, 1.165) is 36.0 Å². The van der Waals surface area contributed by atoms with Crippen LogP contribution in [0.5, 0.6) is 0 Å². The van der Waals surface area contributed by atoms with Crippen LogP contribution in [0.1, 0.15) is 12.8 Å². The number of likely N-dealkylation sites (tertiary alicyclic amines) is 1. The number of piperidine rings is 1. The fourth-order valence-electron chi connectivity index (χ4n) is 3.40. The average molecular weight is 380 g/mol. The zero-order chi connectivity index (χ0) is 18.1. The number of aromatic nitrogens is 1. The van der Waals surface area contributed by atoms with E-state index in [1.165, 1.54) is 0 Å². The molecule has 3 amide bonds. The predicted octanol–water partition coefficient (Wildman–Crippen LogP) is 1.16. The van der Waals surface area contributed by atoms with Crippen LogP contribution in [0.2, 0.25) is 0 Å². The first-order chi connectivity index (χ1) is 12.6. The number of hydrogen-bond acceptors (Lipinski definition) is 8. The number of carbonyl (C=O) groups is 3. The minimum absolute atomic E-state index is 0.0760. The minimum atomic E-state index is -0.594. The maximum absolute atomic E-state index is 12.2. The van der Waals surface area contributed by atoms with Crippen LogP contribution in [0.4, 0.5) is 14.7 Å². The quantitative estimate of drug-likeness (QED) is 0.774. The second-order valence-electron chi connectivity index (χ2n) is 6.71. The van der Waals surface area contributed by atoms with Crippen molar-refractivity contribution in [2.75, 3.05) is 44.2 Å². The van der Waals surface area contributed by atoms with Gasteiger partial charge in [0.05, 0.1) is 0 Å². The second kappa shape index (κ2) is 7.10. The highest BCUT2D eigenvalue weighted by Gasteiger charge is 2.39. The fraction of sp³-hybridized carbons (Fsp3) is 0.625. The summed E-state index contributed by atoms with van der Waals surface area (Å²) in [4.78, 5) is 44.4. The molecule has 26 heavy (non-hydrogen) atoms. The molecule has 0 spiro atoms. The summed E-state index contributed by atoms with van der Waals surface area (Å²) in [5.41, 5.74) is 0. The van der Waals surface area contributed by atoms with Crippen molar-refractivity contribution in [3.05, 3.63) is 11.6 Å². The van der Waals surface area contributed by atoms with Crippen molar-refractivity contribution in [1.82, 2.24) is 14.8 Å². The van der Waals surface area contributed by atoms with E-state index in [4.69, 9.17) is 4.74 Å². The topological polar surface area (TPSA) is 92.3 Å². The van der Waals surface area contributed by atoms with E-state index >= 15 is 0 Å². The Kier molecular flexibility index (Phi) is 4.66. The largest absolute Gasteiger partial charge is 0.446 e. The molecule has 4 rings (SSSR count). The van der Waals surface area contributed by atoms with Gasteiger partial charge in [-0.15, -0.1) is 11.3 Å². The van der Waals surface area contributed by atoms with Gasteiger partial charge in [-0.3, -0.25) is 4.79 Å². The van der Waals surface area contributed by atoms with Crippen molar-refractivity contribution in [3.8, 4) is 0 Å². The monoisotopic (exact) mass is 380 g/mol. The number of cyclic esters (lactones) is 1. The number of imide groups is 1. The molecule has 140 valence electrons. The molecule has 1 aromatic heterocycles. The lowest BCUT2D eigenvalue weighted by molar-refractivity contribution is -0.126. The maximum Gasteiger partial charge on any atom is 0.417 e. The summed E-state index contributed by atoms with van der Waals surface area (Å²) in [5.74, 6) is -0.230. The number of thiazole rings is 1. The van der Waals surface area contributed by atoms with Crippen molar-refractivity contribution < 1.29 is 23.9 Å². The van der Waals surface area contributed by atoms with Crippen LogP contribution < -0.4 is 4.90 Å². The van der Waals surface area contributed by atoms with Crippen LogP contribution in [-0.4, -0.2) is 78.3 Å². The van der Waals surface area contributed by atoms with Gasteiger partial charge in [-0.2, -0.15) is 0 Å². The lowest BCUT2D eigenvalue weighted by Crippen LogP contribution is -2.55. The van der Waals surface area contributed by atoms with Gasteiger partial charge in [0.25, 0.3) is 5.91 Å². The highest BCUT2D eigenvalue weighted by atomic mass is 32.1. The van der Waals surface area contributed by atoms with Crippen molar-refractivity contribution in [2.24, 2.45) is 5.92 Å². The van der Waals surface area contributed by atoms with Gasteiger partial charge in [0.1, 0.15) is 6.10 Å². The molecule has 1 aromatic rings. The summed E-state index contributed by atoms with van der Waals surface area (Å²) in [6.07, 6.45) is 2.38. The Bertz CT molecular complexity index is 667. The van der Waals surface area contributed by atoms with E-state index in [9.17, 15) is 14.4 Å². The van der Waals surface area contributed by atoms with Gasteiger partial charge in [0.2, 0.25) is 0 Å². The Morgan fingerprint density at radius 2 is 2.08 bits per heavy atom. The van der Waals surface area contributed by atoms with Crippen LogP contribution in [0.15, 0.2) is 11.6 Å². The summed E-state index contributed by atoms with van der Waals surface area (Å²) in [5, 5.41) is 2.97. The summed E-state index contributed by atoms with van der Waals surface area (Å²) in [6.45, 7) is 2.76. The third kappa shape index (κ3) is 3.46. The highest BCUT2D eigenvalue weighted by Crippen LogP contribution is 2.25. The molecule has 0 N–H and O–H groups in total. The van der Waals surface area contributed by atoms with E-state index < -0.39 is 6.09 Å². The molecule has 0 aromatic carbocycles. The molecule has 3 fully saturated rings. The number of rotatable bonds is 4. The Hall–Kier alpha value is -2.36. The third-order valence-corrected chi connectivity index (χ3v) is 5.73. The molecule has 4 heterocycles. The van der Waals surface area contributed by atoms with E-state index in [2.05, 4.69) is 14.6 Å². The number of ether oxygens (including phenoxy) is 2. The predicted molar refractivity (Wildman–Crippen MR) is 92.0 cm³/mol.